The van der Waals surface area contributed by atoms with E-state index in [4.69, 9.17) is 4.74 Å². The maximum atomic E-state index is 13.0. The number of rotatable bonds is 5. The Morgan fingerprint density at radius 2 is 1.71 bits per heavy atom. The molecule has 0 spiro atoms. The van der Waals surface area contributed by atoms with Crippen molar-refractivity contribution < 1.29 is 13.9 Å². The second kappa shape index (κ2) is 7.47. The van der Waals surface area contributed by atoms with Crippen molar-refractivity contribution in [3.8, 4) is 5.75 Å². The van der Waals surface area contributed by atoms with Crippen LogP contribution in [0.25, 0.3) is 0 Å². The Balaban J connectivity index is 2.03. The predicted octanol–water partition coefficient (Wildman–Crippen LogP) is 4.40. The highest BCUT2D eigenvalue weighted by molar-refractivity contribution is 5.81. The Bertz CT molecular complexity index is 725. The minimum absolute atomic E-state index is 0.203. The Labute approximate surface area is 142 Å². The summed E-state index contributed by atoms with van der Waals surface area (Å²) in [5, 5.41) is 2.90. The molecule has 2 atom stereocenters. The minimum Gasteiger partial charge on any atom is -0.481 e. The largest absolute Gasteiger partial charge is 0.481 e. The number of ether oxygens (including phenoxy) is 1. The fourth-order valence-corrected chi connectivity index (χ4v) is 2.53. The molecule has 1 amide bonds. The number of amides is 1. The van der Waals surface area contributed by atoms with Crippen LogP contribution in [0.15, 0.2) is 36.4 Å². The SMILES string of the molecule is Cc1cc(C)c(C)c(O[C@@H](C)C(=O)N[C@@H](C)c2ccc(F)cc2)c1. The molecule has 2 aromatic carbocycles. The van der Waals surface area contributed by atoms with Crippen molar-refractivity contribution in [2.24, 2.45) is 0 Å². The lowest BCUT2D eigenvalue weighted by Crippen LogP contribution is -2.37. The number of carbonyl (C=O) groups excluding carboxylic acids is 1. The van der Waals surface area contributed by atoms with Crippen molar-refractivity contribution >= 4 is 5.91 Å². The molecule has 0 aromatic heterocycles. The number of carbonyl (C=O) groups is 1. The Morgan fingerprint density at radius 1 is 1.08 bits per heavy atom. The Morgan fingerprint density at radius 3 is 2.33 bits per heavy atom. The van der Waals surface area contributed by atoms with Gasteiger partial charge in [-0.05, 0) is 75.1 Å². The molecule has 0 unspecified atom stereocenters. The van der Waals surface area contributed by atoms with Crippen molar-refractivity contribution in [3.63, 3.8) is 0 Å². The predicted molar refractivity (Wildman–Crippen MR) is 93.7 cm³/mol. The van der Waals surface area contributed by atoms with Crippen LogP contribution < -0.4 is 10.1 Å². The van der Waals surface area contributed by atoms with E-state index in [0.29, 0.717) is 0 Å². The Kier molecular flexibility index (Phi) is 5.60. The fourth-order valence-electron chi connectivity index (χ4n) is 2.53. The van der Waals surface area contributed by atoms with E-state index in [9.17, 15) is 9.18 Å². The molecule has 0 aliphatic heterocycles. The highest BCUT2D eigenvalue weighted by Crippen LogP contribution is 2.24. The highest BCUT2D eigenvalue weighted by atomic mass is 19.1. The molecule has 0 aliphatic carbocycles. The van der Waals surface area contributed by atoms with Crippen LogP contribution >= 0.6 is 0 Å². The molecule has 2 aromatic rings. The van der Waals surface area contributed by atoms with Gasteiger partial charge in [-0.15, -0.1) is 0 Å². The zero-order chi connectivity index (χ0) is 17.9. The quantitative estimate of drug-likeness (QED) is 0.883. The highest BCUT2D eigenvalue weighted by Gasteiger charge is 2.19. The zero-order valence-corrected chi connectivity index (χ0v) is 14.8. The normalized spacial score (nSPS) is 13.2. The van der Waals surface area contributed by atoms with Crippen molar-refractivity contribution in [3.05, 3.63) is 64.5 Å². The van der Waals surface area contributed by atoms with Gasteiger partial charge in [0, 0.05) is 0 Å². The van der Waals surface area contributed by atoms with Crippen molar-refractivity contribution in [1.29, 1.82) is 0 Å². The molecular weight excluding hydrogens is 305 g/mol. The van der Waals surface area contributed by atoms with Gasteiger partial charge in [0.2, 0.25) is 0 Å². The lowest BCUT2D eigenvalue weighted by molar-refractivity contribution is -0.127. The van der Waals surface area contributed by atoms with Crippen molar-refractivity contribution in [2.75, 3.05) is 0 Å². The van der Waals surface area contributed by atoms with E-state index in [1.807, 2.05) is 33.8 Å². The maximum absolute atomic E-state index is 13.0. The van der Waals surface area contributed by atoms with Gasteiger partial charge in [0.1, 0.15) is 11.6 Å². The smallest absolute Gasteiger partial charge is 0.261 e. The van der Waals surface area contributed by atoms with E-state index < -0.39 is 6.10 Å². The molecule has 128 valence electrons. The third-order valence-corrected chi connectivity index (χ3v) is 4.17. The van der Waals surface area contributed by atoms with Gasteiger partial charge >= 0.3 is 0 Å². The van der Waals surface area contributed by atoms with Gasteiger partial charge in [0.15, 0.2) is 6.10 Å². The third kappa shape index (κ3) is 4.34. The molecule has 0 fully saturated rings. The van der Waals surface area contributed by atoms with E-state index in [2.05, 4.69) is 11.4 Å². The summed E-state index contributed by atoms with van der Waals surface area (Å²) < 4.78 is 18.8. The van der Waals surface area contributed by atoms with Gasteiger partial charge < -0.3 is 10.1 Å². The van der Waals surface area contributed by atoms with E-state index in [0.717, 1.165) is 28.0 Å². The topological polar surface area (TPSA) is 38.3 Å². The molecular formula is C20H24FNO2. The molecule has 0 saturated heterocycles. The molecule has 0 bridgehead atoms. The second-order valence-corrected chi connectivity index (χ2v) is 6.25. The molecule has 24 heavy (non-hydrogen) atoms. The number of aryl methyl sites for hydroxylation is 2. The van der Waals surface area contributed by atoms with Crippen LogP contribution in [0.5, 0.6) is 5.75 Å². The van der Waals surface area contributed by atoms with Crippen LogP contribution in [-0.4, -0.2) is 12.0 Å². The summed E-state index contributed by atoms with van der Waals surface area (Å²) in [5.41, 5.74) is 4.11. The molecule has 0 heterocycles. The molecule has 0 saturated carbocycles. The van der Waals surface area contributed by atoms with Gasteiger partial charge in [0.25, 0.3) is 5.91 Å². The maximum Gasteiger partial charge on any atom is 0.261 e. The first kappa shape index (κ1) is 18.0. The summed E-state index contributed by atoms with van der Waals surface area (Å²) in [6.45, 7) is 9.59. The lowest BCUT2D eigenvalue weighted by Gasteiger charge is -2.20. The van der Waals surface area contributed by atoms with E-state index in [-0.39, 0.29) is 17.8 Å². The van der Waals surface area contributed by atoms with Crippen LogP contribution in [0.1, 0.15) is 42.1 Å². The van der Waals surface area contributed by atoms with E-state index in [1.54, 1.807) is 19.1 Å². The molecule has 4 heteroatoms. The molecule has 1 N–H and O–H groups in total. The van der Waals surface area contributed by atoms with Crippen LogP contribution in [0.3, 0.4) is 0 Å². The van der Waals surface area contributed by atoms with Crippen LogP contribution in [0, 0.1) is 26.6 Å². The number of benzene rings is 2. The van der Waals surface area contributed by atoms with E-state index >= 15 is 0 Å². The average Bonchev–Trinajstić information content (AvgIpc) is 2.52. The molecule has 0 radical (unpaired) electrons. The first-order valence-corrected chi connectivity index (χ1v) is 8.08. The third-order valence-electron chi connectivity index (χ3n) is 4.17. The van der Waals surface area contributed by atoms with Crippen LogP contribution in [-0.2, 0) is 4.79 Å². The average molecular weight is 329 g/mol. The lowest BCUT2D eigenvalue weighted by atomic mass is 10.1. The van der Waals surface area contributed by atoms with Crippen LogP contribution in [0.2, 0.25) is 0 Å². The summed E-state index contributed by atoms with van der Waals surface area (Å²) >= 11 is 0. The van der Waals surface area contributed by atoms with Crippen LogP contribution in [0.4, 0.5) is 4.39 Å². The van der Waals surface area contributed by atoms with Gasteiger partial charge in [-0.2, -0.15) is 0 Å². The van der Waals surface area contributed by atoms with Gasteiger partial charge in [-0.1, -0.05) is 18.2 Å². The second-order valence-electron chi connectivity index (χ2n) is 6.25. The number of hydrogen-bond acceptors (Lipinski definition) is 2. The van der Waals surface area contributed by atoms with Crippen molar-refractivity contribution in [1.82, 2.24) is 5.32 Å². The molecule has 0 aliphatic rings. The van der Waals surface area contributed by atoms with E-state index in [1.165, 1.54) is 12.1 Å². The van der Waals surface area contributed by atoms with Gasteiger partial charge in [-0.25, -0.2) is 4.39 Å². The summed E-state index contributed by atoms with van der Waals surface area (Å²) in [5.74, 6) is 0.231. The summed E-state index contributed by atoms with van der Waals surface area (Å²) in [6.07, 6.45) is -0.618. The van der Waals surface area contributed by atoms with Gasteiger partial charge in [0.05, 0.1) is 6.04 Å². The summed E-state index contributed by atoms with van der Waals surface area (Å²) in [7, 11) is 0. The van der Waals surface area contributed by atoms with Crippen molar-refractivity contribution in [2.45, 2.75) is 46.8 Å². The first-order valence-electron chi connectivity index (χ1n) is 8.08. The first-order chi connectivity index (χ1) is 11.3. The number of hydrogen-bond donors (Lipinski definition) is 1. The monoisotopic (exact) mass is 329 g/mol. The minimum atomic E-state index is -0.618. The summed E-state index contributed by atoms with van der Waals surface area (Å²) in [6, 6.07) is 9.91. The summed E-state index contributed by atoms with van der Waals surface area (Å²) in [4.78, 5) is 12.4. The standard InChI is InChI=1S/C20H24FNO2/c1-12-10-13(2)14(3)19(11-12)24-16(5)20(23)22-15(4)17-6-8-18(21)9-7-17/h6-11,15-16H,1-5H3,(H,22,23)/t15-,16-/m0/s1. The zero-order valence-electron chi connectivity index (χ0n) is 14.8. The Hall–Kier alpha value is -2.36. The molecule has 2 rings (SSSR count). The fraction of sp³-hybridized carbons (Fsp3) is 0.350. The molecule has 3 nitrogen and oxygen atoms in total. The number of nitrogens with one attached hydrogen (secondary N) is 1. The van der Waals surface area contributed by atoms with Gasteiger partial charge in [-0.3, -0.25) is 4.79 Å². The number of halogens is 1.